The van der Waals surface area contributed by atoms with Crippen molar-refractivity contribution in [3.05, 3.63) is 29.8 Å². The third-order valence-corrected chi connectivity index (χ3v) is 3.92. The van der Waals surface area contributed by atoms with Crippen molar-refractivity contribution in [2.45, 2.75) is 12.7 Å². The molecule has 1 fully saturated rings. The lowest BCUT2D eigenvalue weighted by molar-refractivity contribution is -0.187. The number of aliphatic carboxylic acids is 1. The van der Waals surface area contributed by atoms with E-state index < -0.39 is 43.1 Å². The molecule has 0 saturated carbocycles. The van der Waals surface area contributed by atoms with Gasteiger partial charge in [-0.3, -0.25) is 4.79 Å². The van der Waals surface area contributed by atoms with E-state index in [2.05, 4.69) is 5.32 Å². The molecule has 9 heteroatoms. The molecular weight excluding hydrogens is 329 g/mol. The fourth-order valence-corrected chi connectivity index (χ4v) is 2.62. The lowest BCUT2D eigenvalue weighted by Crippen LogP contribution is -2.39. The number of carbonyl (C=O) groups excluding carboxylic acids is 1. The number of alkyl halides is 3. The molecule has 24 heavy (non-hydrogen) atoms. The summed E-state index contributed by atoms with van der Waals surface area (Å²) in [7, 11) is 1.49. The Bertz CT molecular complexity index is 621. The van der Waals surface area contributed by atoms with Gasteiger partial charge < -0.3 is 20.1 Å². The van der Waals surface area contributed by atoms with Gasteiger partial charge in [-0.25, -0.2) is 4.79 Å². The first-order valence-corrected chi connectivity index (χ1v) is 7.17. The molecule has 0 bridgehead atoms. The lowest BCUT2D eigenvalue weighted by Gasteiger charge is -2.18. The second-order valence-corrected chi connectivity index (χ2v) is 5.51. The zero-order valence-corrected chi connectivity index (χ0v) is 12.8. The van der Waals surface area contributed by atoms with E-state index in [9.17, 15) is 22.8 Å². The summed E-state index contributed by atoms with van der Waals surface area (Å²) >= 11 is 0. The Morgan fingerprint density at radius 2 is 2.08 bits per heavy atom. The Labute approximate surface area is 136 Å². The molecule has 1 aliphatic rings. The number of likely N-dealkylation sites (tertiary alicyclic amines) is 1. The Kier molecular flexibility index (Phi) is 5.20. The summed E-state index contributed by atoms with van der Waals surface area (Å²) in [5.74, 6) is -4.67. The molecule has 1 heterocycles. The van der Waals surface area contributed by atoms with Gasteiger partial charge >= 0.3 is 18.2 Å². The van der Waals surface area contributed by atoms with Crippen LogP contribution in [0, 0.1) is 11.8 Å². The SMILES string of the molecule is COc1cccc(CNC(=O)N2C[C@@H](C(F)(F)F)[C@H](C(=O)O)C2)c1. The molecule has 0 spiro atoms. The highest BCUT2D eigenvalue weighted by Crippen LogP contribution is 2.37. The van der Waals surface area contributed by atoms with Crippen LogP contribution < -0.4 is 10.1 Å². The maximum atomic E-state index is 12.9. The monoisotopic (exact) mass is 346 g/mol. The Morgan fingerprint density at radius 3 is 2.62 bits per heavy atom. The van der Waals surface area contributed by atoms with Crippen LogP contribution in [0.1, 0.15) is 5.56 Å². The van der Waals surface area contributed by atoms with Crippen LogP contribution in [-0.2, 0) is 11.3 Å². The Morgan fingerprint density at radius 1 is 1.38 bits per heavy atom. The lowest BCUT2D eigenvalue weighted by atomic mass is 9.96. The maximum Gasteiger partial charge on any atom is 0.394 e. The topological polar surface area (TPSA) is 78.9 Å². The fourth-order valence-electron chi connectivity index (χ4n) is 2.62. The summed E-state index contributed by atoms with van der Waals surface area (Å²) in [6, 6.07) is 6.12. The summed E-state index contributed by atoms with van der Waals surface area (Å²) in [6.45, 7) is -1.03. The van der Waals surface area contributed by atoms with E-state index in [1.807, 2.05) is 0 Å². The summed E-state index contributed by atoms with van der Waals surface area (Å²) in [5.41, 5.74) is 0.712. The van der Waals surface area contributed by atoms with Crippen molar-refractivity contribution in [3.8, 4) is 5.75 Å². The number of nitrogens with zero attached hydrogens (tertiary/aromatic N) is 1. The Hall–Kier alpha value is -2.45. The van der Waals surface area contributed by atoms with Crippen molar-refractivity contribution in [2.24, 2.45) is 11.8 Å². The van der Waals surface area contributed by atoms with Crippen LogP contribution in [-0.4, -0.2) is 48.4 Å². The predicted molar refractivity (Wildman–Crippen MR) is 77.5 cm³/mol. The zero-order chi connectivity index (χ0) is 17.9. The molecule has 1 aromatic rings. The minimum Gasteiger partial charge on any atom is -0.497 e. The minimum atomic E-state index is -4.66. The minimum absolute atomic E-state index is 0.0982. The number of carboxylic acid groups (broad SMARTS) is 1. The summed E-state index contributed by atoms with van der Waals surface area (Å²) < 4.78 is 43.8. The van der Waals surface area contributed by atoms with Gasteiger partial charge in [-0.05, 0) is 17.7 Å². The summed E-state index contributed by atoms with van der Waals surface area (Å²) in [6.07, 6.45) is -4.66. The van der Waals surface area contributed by atoms with Crippen LogP contribution in [0.25, 0.3) is 0 Å². The molecule has 6 nitrogen and oxygen atoms in total. The molecule has 2 amide bonds. The van der Waals surface area contributed by atoms with Gasteiger partial charge in [0, 0.05) is 19.6 Å². The highest BCUT2D eigenvalue weighted by atomic mass is 19.4. The number of hydrogen-bond acceptors (Lipinski definition) is 3. The van der Waals surface area contributed by atoms with E-state index in [-0.39, 0.29) is 6.54 Å². The van der Waals surface area contributed by atoms with E-state index in [1.54, 1.807) is 24.3 Å². The first-order valence-electron chi connectivity index (χ1n) is 7.17. The molecule has 0 radical (unpaired) electrons. The normalized spacial score (nSPS) is 20.8. The van der Waals surface area contributed by atoms with E-state index in [0.29, 0.717) is 11.3 Å². The van der Waals surface area contributed by atoms with Gasteiger partial charge in [-0.15, -0.1) is 0 Å². The number of carbonyl (C=O) groups is 2. The fraction of sp³-hybridized carbons (Fsp3) is 0.467. The maximum absolute atomic E-state index is 12.9. The number of ether oxygens (including phenoxy) is 1. The number of urea groups is 1. The first-order chi connectivity index (χ1) is 11.2. The van der Waals surface area contributed by atoms with E-state index in [4.69, 9.17) is 9.84 Å². The van der Waals surface area contributed by atoms with Gasteiger partial charge in [-0.1, -0.05) is 12.1 Å². The molecule has 2 atom stereocenters. The highest BCUT2D eigenvalue weighted by Gasteiger charge is 2.53. The van der Waals surface area contributed by atoms with Gasteiger partial charge in [0.25, 0.3) is 0 Å². The second kappa shape index (κ2) is 6.98. The van der Waals surface area contributed by atoms with Crippen LogP contribution >= 0.6 is 0 Å². The number of amides is 2. The molecule has 1 aromatic carbocycles. The summed E-state index contributed by atoms with van der Waals surface area (Å²) in [4.78, 5) is 23.9. The van der Waals surface area contributed by atoms with Crippen LogP contribution in [0.5, 0.6) is 5.75 Å². The molecule has 0 unspecified atom stereocenters. The van der Waals surface area contributed by atoms with Gasteiger partial charge in [0.2, 0.25) is 0 Å². The quantitative estimate of drug-likeness (QED) is 0.875. The van der Waals surface area contributed by atoms with Crippen molar-refractivity contribution in [3.63, 3.8) is 0 Å². The molecule has 0 aliphatic carbocycles. The molecule has 0 aromatic heterocycles. The average Bonchev–Trinajstić information content (AvgIpc) is 2.98. The van der Waals surface area contributed by atoms with Crippen molar-refractivity contribution >= 4 is 12.0 Å². The number of rotatable bonds is 4. The van der Waals surface area contributed by atoms with Crippen LogP contribution in [0.3, 0.4) is 0 Å². The smallest absolute Gasteiger partial charge is 0.394 e. The van der Waals surface area contributed by atoms with Crippen molar-refractivity contribution in [1.82, 2.24) is 10.2 Å². The van der Waals surface area contributed by atoms with E-state index >= 15 is 0 Å². The average molecular weight is 346 g/mol. The van der Waals surface area contributed by atoms with Gasteiger partial charge in [0.1, 0.15) is 5.75 Å². The number of nitrogens with one attached hydrogen (secondary N) is 1. The molecular formula is C15H17F3N2O4. The van der Waals surface area contributed by atoms with E-state index in [1.165, 1.54) is 7.11 Å². The second-order valence-electron chi connectivity index (χ2n) is 5.51. The molecule has 1 aliphatic heterocycles. The molecule has 2 N–H and O–H groups in total. The van der Waals surface area contributed by atoms with Crippen LogP contribution in [0.4, 0.5) is 18.0 Å². The predicted octanol–water partition coefficient (Wildman–Crippen LogP) is 2.10. The zero-order valence-electron chi connectivity index (χ0n) is 12.8. The van der Waals surface area contributed by atoms with Crippen molar-refractivity contribution in [1.29, 1.82) is 0 Å². The molecule has 1 saturated heterocycles. The standard InChI is InChI=1S/C15H17F3N2O4/c1-24-10-4-2-3-9(5-10)6-19-14(23)20-7-11(13(21)22)12(8-20)15(16,17)18/h2-5,11-12H,6-8H2,1H3,(H,19,23)(H,21,22)/t11-,12-/m1/s1. The number of benzene rings is 1. The number of methoxy groups -OCH3 is 1. The third-order valence-electron chi connectivity index (χ3n) is 3.92. The van der Waals surface area contributed by atoms with Gasteiger partial charge in [0.05, 0.1) is 18.9 Å². The molecule has 2 rings (SSSR count). The van der Waals surface area contributed by atoms with Crippen molar-refractivity contribution < 1.29 is 32.6 Å². The van der Waals surface area contributed by atoms with Crippen LogP contribution in [0.2, 0.25) is 0 Å². The molecule has 132 valence electrons. The Balaban J connectivity index is 1.98. The van der Waals surface area contributed by atoms with Gasteiger partial charge in [-0.2, -0.15) is 13.2 Å². The summed E-state index contributed by atoms with van der Waals surface area (Å²) in [5, 5.41) is 11.4. The van der Waals surface area contributed by atoms with Gasteiger partial charge in [0.15, 0.2) is 0 Å². The van der Waals surface area contributed by atoms with E-state index in [0.717, 1.165) is 4.90 Å². The number of halogens is 3. The highest BCUT2D eigenvalue weighted by molar-refractivity contribution is 5.77. The largest absolute Gasteiger partial charge is 0.497 e. The van der Waals surface area contributed by atoms with Crippen molar-refractivity contribution in [2.75, 3.05) is 20.2 Å². The third kappa shape index (κ3) is 4.09. The number of carboxylic acids is 1. The van der Waals surface area contributed by atoms with Crippen LogP contribution in [0.15, 0.2) is 24.3 Å². The first kappa shape index (κ1) is 17.9. The number of hydrogen-bond donors (Lipinski definition) is 2.